The van der Waals surface area contributed by atoms with Gasteiger partial charge in [0.15, 0.2) is 0 Å². The van der Waals surface area contributed by atoms with Crippen LogP contribution < -0.4 is 5.32 Å². The second-order valence-corrected chi connectivity index (χ2v) is 5.25. The monoisotopic (exact) mass is 240 g/mol. The number of aromatic nitrogens is 2. The molecule has 1 fully saturated rings. The van der Waals surface area contributed by atoms with Crippen LogP contribution in [0.5, 0.6) is 0 Å². The molecule has 16 heavy (non-hydrogen) atoms. The number of nitrogens with zero attached hydrogens (tertiary/aromatic N) is 3. The Morgan fingerprint density at radius 3 is 3.00 bits per heavy atom. The van der Waals surface area contributed by atoms with Crippen LogP contribution in [0, 0.1) is 5.92 Å². The SMILES string of the molecule is CC(CNCc1csnn1)CN1CCCC1. The summed E-state index contributed by atoms with van der Waals surface area (Å²) < 4.78 is 3.85. The molecule has 0 aliphatic carbocycles. The van der Waals surface area contributed by atoms with Gasteiger partial charge < -0.3 is 10.2 Å². The Morgan fingerprint density at radius 2 is 2.31 bits per heavy atom. The van der Waals surface area contributed by atoms with E-state index in [9.17, 15) is 0 Å². The Balaban J connectivity index is 1.58. The minimum Gasteiger partial charge on any atom is -0.311 e. The van der Waals surface area contributed by atoms with Gasteiger partial charge in [0, 0.05) is 18.5 Å². The molecule has 2 heterocycles. The number of likely N-dealkylation sites (tertiary alicyclic amines) is 1. The Bertz CT molecular complexity index is 282. The van der Waals surface area contributed by atoms with Crippen LogP contribution in [0.25, 0.3) is 0 Å². The lowest BCUT2D eigenvalue weighted by Gasteiger charge is -2.20. The maximum Gasteiger partial charge on any atom is 0.0893 e. The molecular formula is C11H20N4S. The zero-order valence-corrected chi connectivity index (χ0v) is 10.7. The molecule has 0 radical (unpaired) electrons. The predicted octanol–water partition coefficient (Wildman–Crippen LogP) is 1.36. The molecule has 2 rings (SSSR count). The molecule has 1 aliphatic heterocycles. The zero-order chi connectivity index (χ0) is 11.2. The fraction of sp³-hybridized carbons (Fsp3) is 0.818. The topological polar surface area (TPSA) is 41.1 Å². The Morgan fingerprint density at radius 1 is 1.50 bits per heavy atom. The lowest BCUT2D eigenvalue weighted by molar-refractivity contribution is 0.282. The molecule has 1 atom stereocenters. The summed E-state index contributed by atoms with van der Waals surface area (Å²) >= 11 is 1.42. The first-order valence-electron chi connectivity index (χ1n) is 6.03. The van der Waals surface area contributed by atoms with E-state index in [4.69, 9.17) is 0 Å². The van der Waals surface area contributed by atoms with Gasteiger partial charge in [-0.3, -0.25) is 0 Å². The summed E-state index contributed by atoms with van der Waals surface area (Å²) in [6.07, 6.45) is 2.76. The van der Waals surface area contributed by atoms with E-state index in [-0.39, 0.29) is 0 Å². The summed E-state index contributed by atoms with van der Waals surface area (Å²) in [7, 11) is 0. The van der Waals surface area contributed by atoms with Crippen LogP contribution in [0.15, 0.2) is 5.38 Å². The van der Waals surface area contributed by atoms with Gasteiger partial charge in [-0.25, -0.2) is 0 Å². The highest BCUT2D eigenvalue weighted by Gasteiger charge is 2.14. The largest absolute Gasteiger partial charge is 0.311 e. The average molecular weight is 240 g/mol. The summed E-state index contributed by atoms with van der Waals surface area (Å²) in [5.74, 6) is 0.713. The number of rotatable bonds is 6. The molecule has 4 nitrogen and oxygen atoms in total. The van der Waals surface area contributed by atoms with E-state index >= 15 is 0 Å². The van der Waals surface area contributed by atoms with Crippen molar-refractivity contribution in [2.75, 3.05) is 26.2 Å². The molecule has 0 spiro atoms. The van der Waals surface area contributed by atoms with Gasteiger partial charge in [0.05, 0.1) is 5.69 Å². The highest BCUT2D eigenvalue weighted by Crippen LogP contribution is 2.09. The average Bonchev–Trinajstić information content (AvgIpc) is 2.90. The van der Waals surface area contributed by atoms with E-state index in [1.165, 1.54) is 44.0 Å². The van der Waals surface area contributed by atoms with Crippen molar-refractivity contribution in [1.29, 1.82) is 0 Å². The van der Waals surface area contributed by atoms with Gasteiger partial charge in [-0.1, -0.05) is 11.4 Å². The lowest BCUT2D eigenvalue weighted by atomic mass is 10.1. The molecule has 0 saturated carbocycles. The van der Waals surface area contributed by atoms with E-state index in [0.717, 1.165) is 18.8 Å². The Labute approximate surface area is 101 Å². The van der Waals surface area contributed by atoms with Crippen LogP contribution in [0.1, 0.15) is 25.5 Å². The van der Waals surface area contributed by atoms with E-state index in [2.05, 4.69) is 26.7 Å². The fourth-order valence-electron chi connectivity index (χ4n) is 2.18. The third-order valence-electron chi connectivity index (χ3n) is 2.97. The van der Waals surface area contributed by atoms with Crippen LogP contribution in [0.2, 0.25) is 0 Å². The fourth-order valence-corrected chi connectivity index (χ4v) is 2.63. The second-order valence-electron chi connectivity index (χ2n) is 4.64. The third kappa shape index (κ3) is 3.81. The first-order chi connectivity index (χ1) is 7.84. The minimum atomic E-state index is 0.713. The first-order valence-corrected chi connectivity index (χ1v) is 6.87. The highest BCUT2D eigenvalue weighted by atomic mass is 32.1. The Kier molecular flexibility index (Phi) is 4.69. The summed E-state index contributed by atoms with van der Waals surface area (Å²) in [6, 6.07) is 0. The van der Waals surface area contributed by atoms with E-state index in [1.54, 1.807) is 0 Å². The molecule has 1 saturated heterocycles. The van der Waals surface area contributed by atoms with E-state index < -0.39 is 0 Å². The van der Waals surface area contributed by atoms with Gasteiger partial charge in [0.25, 0.3) is 0 Å². The van der Waals surface area contributed by atoms with Crippen molar-refractivity contribution in [2.24, 2.45) is 5.92 Å². The molecule has 0 amide bonds. The molecule has 5 heteroatoms. The first kappa shape index (κ1) is 12.0. The summed E-state index contributed by atoms with van der Waals surface area (Å²) in [5.41, 5.74) is 1.05. The maximum atomic E-state index is 4.01. The van der Waals surface area contributed by atoms with Gasteiger partial charge in [-0.15, -0.1) is 5.10 Å². The van der Waals surface area contributed by atoms with Crippen LogP contribution in [-0.4, -0.2) is 40.7 Å². The molecule has 0 aromatic carbocycles. The smallest absolute Gasteiger partial charge is 0.0893 e. The lowest BCUT2D eigenvalue weighted by Crippen LogP contribution is -2.31. The van der Waals surface area contributed by atoms with Crippen molar-refractivity contribution in [2.45, 2.75) is 26.3 Å². The number of hydrogen-bond donors (Lipinski definition) is 1. The zero-order valence-electron chi connectivity index (χ0n) is 9.85. The van der Waals surface area contributed by atoms with Crippen LogP contribution in [0.4, 0.5) is 0 Å². The van der Waals surface area contributed by atoms with Crippen molar-refractivity contribution >= 4 is 11.5 Å². The molecule has 1 aromatic heterocycles. The van der Waals surface area contributed by atoms with Crippen molar-refractivity contribution < 1.29 is 0 Å². The van der Waals surface area contributed by atoms with Gasteiger partial charge in [0.1, 0.15) is 0 Å². The minimum absolute atomic E-state index is 0.713. The van der Waals surface area contributed by atoms with Crippen molar-refractivity contribution in [3.05, 3.63) is 11.1 Å². The van der Waals surface area contributed by atoms with Crippen molar-refractivity contribution in [3.63, 3.8) is 0 Å². The molecular weight excluding hydrogens is 220 g/mol. The molecule has 90 valence electrons. The summed E-state index contributed by atoms with van der Waals surface area (Å²) in [6.45, 7) is 8.03. The van der Waals surface area contributed by atoms with Crippen molar-refractivity contribution in [1.82, 2.24) is 19.8 Å². The van der Waals surface area contributed by atoms with E-state index in [1.807, 2.05) is 5.38 Å². The van der Waals surface area contributed by atoms with Gasteiger partial charge >= 0.3 is 0 Å². The van der Waals surface area contributed by atoms with Crippen LogP contribution >= 0.6 is 11.5 Å². The van der Waals surface area contributed by atoms with Gasteiger partial charge in [-0.05, 0) is 49.9 Å². The number of nitrogens with one attached hydrogen (secondary N) is 1. The molecule has 1 unspecified atom stereocenters. The van der Waals surface area contributed by atoms with Gasteiger partial charge in [-0.2, -0.15) is 0 Å². The van der Waals surface area contributed by atoms with Gasteiger partial charge in [0.2, 0.25) is 0 Å². The molecule has 1 aliphatic rings. The van der Waals surface area contributed by atoms with Crippen molar-refractivity contribution in [3.8, 4) is 0 Å². The molecule has 0 bridgehead atoms. The predicted molar refractivity (Wildman–Crippen MR) is 66.5 cm³/mol. The summed E-state index contributed by atoms with van der Waals surface area (Å²) in [5, 5.41) is 9.45. The summed E-state index contributed by atoms with van der Waals surface area (Å²) in [4.78, 5) is 2.57. The van der Waals surface area contributed by atoms with E-state index in [0.29, 0.717) is 5.92 Å². The quantitative estimate of drug-likeness (QED) is 0.815. The number of hydrogen-bond acceptors (Lipinski definition) is 5. The molecule has 1 N–H and O–H groups in total. The third-order valence-corrected chi connectivity index (χ3v) is 3.53. The normalized spacial score (nSPS) is 19.1. The molecule has 1 aromatic rings. The maximum absolute atomic E-state index is 4.01. The van der Waals surface area contributed by atoms with Crippen LogP contribution in [0.3, 0.4) is 0 Å². The standard InChI is InChI=1S/C11H20N4S/c1-10(8-15-4-2-3-5-15)6-12-7-11-9-16-14-13-11/h9-10,12H,2-8H2,1H3. The second kappa shape index (κ2) is 6.27. The van der Waals surface area contributed by atoms with Crippen LogP contribution in [-0.2, 0) is 6.54 Å². The Hall–Kier alpha value is -0.520. The highest BCUT2D eigenvalue weighted by molar-refractivity contribution is 7.03.